The number of hydrogen-bond acceptors (Lipinski definition) is 5. The Bertz CT molecular complexity index is 1090. The molecule has 1 unspecified atom stereocenters. The first-order valence-corrected chi connectivity index (χ1v) is 11.8. The van der Waals surface area contributed by atoms with Crippen LogP contribution in [0.25, 0.3) is 11.3 Å². The van der Waals surface area contributed by atoms with Gasteiger partial charge in [0, 0.05) is 30.8 Å². The molecule has 1 aliphatic rings. The Hall–Kier alpha value is -3.00. The maximum Gasteiger partial charge on any atom is 0.245 e. The molecule has 0 aliphatic carbocycles. The van der Waals surface area contributed by atoms with Crippen LogP contribution in [0.2, 0.25) is 0 Å². The molecule has 0 saturated carbocycles. The smallest absolute Gasteiger partial charge is 0.245 e. The number of nitrogens with one attached hydrogen (secondary N) is 1. The number of carbonyl (C=O) groups is 2. The second kappa shape index (κ2) is 10.1. The minimum absolute atomic E-state index is 0.0324. The third-order valence-electron chi connectivity index (χ3n) is 5.59. The van der Waals surface area contributed by atoms with Crippen LogP contribution in [0, 0.1) is 5.82 Å². The summed E-state index contributed by atoms with van der Waals surface area (Å²) in [5.74, 6) is 0.0417. The summed E-state index contributed by atoms with van der Waals surface area (Å²) < 4.78 is 19.5. The summed E-state index contributed by atoms with van der Waals surface area (Å²) >= 11 is 1.73. The van der Waals surface area contributed by atoms with Gasteiger partial charge in [-0.05, 0) is 42.0 Å². The number of thiophene rings is 1. The van der Waals surface area contributed by atoms with E-state index in [1.165, 1.54) is 22.7 Å². The van der Waals surface area contributed by atoms with Gasteiger partial charge in [-0.2, -0.15) is 0 Å². The maximum atomic E-state index is 13.9. The number of fused-ring (bicyclic) bond motifs is 1. The van der Waals surface area contributed by atoms with Gasteiger partial charge in [0.25, 0.3) is 0 Å². The summed E-state index contributed by atoms with van der Waals surface area (Å²) in [4.78, 5) is 33.0. The van der Waals surface area contributed by atoms with Crippen LogP contribution in [0.3, 0.4) is 0 Å². The fourth-order valence-electron chi connectivity index (χ4n) is 3.90. The molecule has 3 heterocycles. The van der Waals surface area contributed by atoms with Crippen LogP contribution in [-0.2, 0) is 29.0 Å². The van der Waals surface area contributed by atoms with Crippen LogP contribution in [-0.4, -0.2) is 34.3 Å². The van der Waals surface area contributed by atoms with Crippen LogP contribution in [0.4, 0.5) is 4.39 Å². The number of halogens is 1. The number of aromatic nitrogens is 1. The second-order valence-corrected chi connectivity index (χ2v) is 8.89. The summed E-state index contributed by atoms with van der Waals surface area (Å²) in [5.41, 5.74) is 1.53. The van der Waals surface area contributed by atoms with Gasteiger partial charge < -0.3 is 14.6 Å². The van der Waals surface area contributed by atoms with E-state index in [4.69, 9.17) is 4.42 Å². The SMILES string of the molecule is CCCC(NC(=O)CCc1ncc(-c2ccccc2F)o1)C(=O)N1CCc2sccc2C1. The molecule has 0 spiro atoms. The van der Waals surface area contributed by atoms with E-state index in [2.05, 4.69) is 21.7 Å². The van der Waals surface area contributed by atoms with E-state index >= 15 is 0 Å². The molecular formula is C24H26FN3O3S. The van der Waals surface area contributed by atoms with Crippen LogP contribution >= 0.6 is 11.3 Å². The Morgan fingerprint density at radius 2 is 2.16 bits per heavy atom. The molecule has 1 atom stereocenters. The van der Waals surface area contributed by atoms with E-state index in [0.717, 1.165) is 12.8 Å². The zero-order valence-corrected chi connectivity index (χ0v) is 18.8. The molecule has 2 amide bonds. The van der Waals surface area contributed by atoms with Crippen LogP contribution < -0.4 is 5.32 Å². The molecule has 1 aromatic carbocycles. The van der Waals surface area contributed by atoms with Gasteiger partial charge >= 0.3 is 0 Å². The van der Waals surface area contributed by atoms with Crippen molar-refractivity contribution in [1.29, 1.82) is 0 Å². The zero-order valence-electron chi connectivity index (χ0n) is 18.0. The molecule has 0 saturated heterocycles. The van der Waals surface area contributed by atoms with Gasteiger partial charge in [-0.15, -0.1) is 11.3 Å². The fourth-order valence-corrected chi connectivity index (χ4v) is 4.79. The number of oxazole rings is 1. The molecule has 8 heteroatoms. The van der Waals surface area contributed by atoms with Gasteiger partial charge in [0.15, 0.2) is 11.7 Å². The highest BCUT2D eigenvalue weighted by atomic mass is 32.1. The number of aryl methyl sites for hydroxylation is 1. The topological polar surface area (TPSA) is 75.4 Å². The highest BCUT2D eigenvalue weighted by Gasteiger charge is 2.28. The zero-order chi connectivity index (χ0) is 22.5. The first-order valence-electron chi connectivity index (χ1n) is 10.9. The van der Waals surface area contributed by atoms with Gasteiger partial charge in [-0.25, -0.2) is 9.37 Å². The van der Waals surface area contributed by atoms with Crippen molar-refractivity contribution in [2.24, 2.45) is 0 Å². The van der Waals surface area contributed by atoms with Crippen molar-refractivity contribution in [2.75, 3.05) is 6.54 Å². The van der Waals surface area contributed by atoms with E-state index in [0.29, 0.717) is 36.7 Å². The lowest BCUT2D eigenvalue weighted by Gasteiger charge is -2.31. The Labute approximate surface area is 190 Å². The lowest BCUT2D eigenvalue weighted by Crippen LogP contribution is -2.49. The standard InChI is InChI=1S/C24H26FN3O3S/c1-2-5-19(24(30)28-12-10-21-16(15-28)11-13-32-21)27-22(29)8-9-23-26-14-20(31-23)17-6-3-4-7-18(17)25/h3-4,6-7,11,13-14,19H,2,5,8-10,12,15H2,1H3,(H,27,29). The summed E-state index contributed by atoms with van der Waals surface area (Å²) in [5, 5.41) is 4.95. The maximum absolute atomic E-state index is 13.9. The number of nitrogens with zero attached hydrogens (tertiary/aromatic N) is 2. The molecule has 168 valence electrons. The Kier molecular flexibility index (Phi) is 6.99. The van der Waals surface area contributed by atoms with Crippen LogP contribution in [0.15, 0.2) is 46.3 Å². The normalized spacial score (nSPS) is 14.1. The molecule has 1 aliphatic heterocycles. The summed E-state index contributed by atoms with van der Waals surface area (Å²) in [6, 6.07) is 7.84. The average molecular weight is 456 g/mol. The molecular weight excluding hydrogens is 429 g/mol. The van der Waals surface area contributed by atoms with E-state index in [-0.39, 0.29) is 30.5 Å². The summed E-state index contributed by atoms with van der Waals surface area (Å²) in [7, 11) is 0. The Balaban J connectivity index is 1.33. The number of carbonyl (C=O) groups excluding carboxylic acids is 2. The van der Waals surface area contributed by atoms with Crippen molar-refractivity contribution in [1.82, 2.24) is 15.2 Å². The van der Waals surface area contributed by atoms with Crippen molar-refractivity contribution >= 4 is 23.2 Å². The predicted octanol–water partition coefficient (Wildman–Crippen LogP) is 4.34. The average Bonchev–Trinajstić information content (AvgIpc) is 3.46. The van der Waals surface area contributed by atoms with E-state index < -0.39 is 6.04 Å². The number of rotatable bonds is 8. The molecule has 2 aromatic heterocycles. The lowest BCUT2D eigenvalue weighted by molar-refractivity contribution is -0.137. The van der Waals surface area contributed by atoms with Gasteiger partial charge in [0.1, 0.15) is 11.9 Å². The summed E-state index contributed by atoms with van der Waals surface area (Å²) in [6.07, 6.45) is 4.12. The second-order valence-electron chi connectivity index (χ2n) is 7.89. The first-order chi connectivity index (χ1) is 15.5. The molecule has 0 bridgehead atoms. The highest BCUT2D eigenvalue weighted by Crippen LogP contribution is 2.25. The van der Waals surface area contributed by atoms with E-state index in [1.54, 1.807) is 29.5 Å². The number of benzene rings is 1. The molecule has 0 fully saturated rings. The third kappa shape index (κ3) is 5.07. The molecule has 1 N–H and O–H groups in total. The number of hydrogen-bond donors (Lipinski definition) is 1. The Morgan fingerprint density at radius 1 is 1.31 bits per heavy atom. The van der Waals surface area contributed by atoms with Gasteiger partial charge in [0.05, 0.1) is 11.8 Å². The van der Waals surface area contributed by atoms with Crippen molar-refractivity contribution < 1.29 is 18.4 Å². The van der Waals surface area contributed by atoms with Gasteiger partial charge in [-0.1, -0.05) is 25.5 Å². The molecule has 32 heavy (non-hydrogen) atoms. The molecule has 4 rings (SSSR count). The monoisotopic (exact) mass is 455 g/mol. The van der Waals surface area contributed by atoms with Crippen molar-refractivity contribution in [2.45, 2.75) is 51.6 Å². The summed E-state index contributed by atoms with van der Waals surface area (Å²) in [6.45, 7) is 3.27. The van der Waals surface area contributed by atoms with Crippen molar-refractivity contribution in [3.8, 4) is 11.3 Å². The minimum atomic E-state index is -0.536. The van der Waals surface area contributed by atoms with E-state index in [9.17, 15) is 14.0 Å². The largest absolute Gasteiger partial charge is 0.441 e. The van der Waals surface area contributed by atoms with Crippen LogP contribution in [0.5, 0.6) is 0 Å². The number of amides is 2. The molecule has 6 nitrogen and oxygen atoms in total. The highest BCUT2D eigenvalue weighted by molar-refractivity contribution is 7.10. The van der Waals surface area contributed by atoms with Crippen molar-refractivity contribution in [3.05, 3.63) is 64.1 Å². The van der Waals surface area contributed by atoms with E-state index in [1.807, 2.05) is 11.8 Å². The Morgan fingerprint density at radius 3 is 2.97 bits per heavy atom. The third-order valence-corrected chi connectivity index (χ3v) is 6.61. The van der Waals surface area contributed by atoms with Crippen LogP contribution in [0.1, 0.15) is 42.5 Å². The molecule has 0 radical (unpaired) electrons. The quantitative estimate of drug-likeness (QED) is 0.548. The predicted molar refractivity (Wildman–Crippen MR) is 120 cm³/mol. The molecule has 3 aromatic rings. The van der Waals surface area contributed by atoms with Gasteiger partial charge in [0.2, 0.25) is 11.8 Å². The van der Waals surface area contributed by atoms with Crippen molar-refractivity contribution in [3.63, 3.8) is 0 Å². The fraction of sp³-hybridized carbons (Fsp3) is 0.375. The van der Waals surface area contributed by atoms with Gasteiger partial charge in [-0.3, -0.25) is 9.59 Å². The minimum Gasteiger partial charge on any atom is -0.441 e. The first kappa shape index (κ1) is 22.2. The lowest BCUT2D eigenvalue weighted by atomic mass is 10.1.